The van der Waals surface area contributed by atoms with Crippen molar-refractivity contribution in [3.8, 4) is 17.4 Å². The van der Waals surface area contributed by atoms with E-state index in [-0.39, 0.29) is 0 Å². The van der Waals surface area contributed by atoms with E-state index >= 15 is 0 Å². The highest BCUT2D eigenvalue weighted by Gasteiger charge is 2.19. The average Bonchev–Trinajstić information content (AvgIpc) is 3.91. The summed E-state index contributed by atoms with van der Waals surface area (Å²) in [7, 11) is 0. The summed E-state index contributed by atoms with van der Waals surface area (Å²) in [6, 6.07) is 49.5. The first-order valence-electron chi connectivity index (χ1n) is 16.3. The van der Waals surface area contributed by atoms with Gasteiger partial charge in [0.15, 0.2) is 5.69 Å². The lowest BCUT2D eigenvalue weighted by atomic mass is 10.1. The summed E-state index contributed by atoms with van der Waals surface area (Å²) in [5, 5.41) is 19.1. The predicted molar refractivity (Wildman–Crippen MR) is 212 cm³/mol. The molecule has 0 radical (unpaired) electrons. The highest BCUT2D eigenvalue weighted by molar-refractivity contribution is 7.27. The third-order valence-electron chi connectivity index (χ3n) is 10.1. The van der Waals surface area contributed by atoms with Crippen LogP contribution in [0.2, 0.25) is 0 Å². The van der Waals surface area contributed by atoms with Gasteiger partial charge in [-0.3, -0.25) is 0 Å². The van der Waals surface area contributed by atoms with Gasteiger partial charge in [0.25, 0.3) is 0 Å². The Labute approximate surface area is 293 Å². The summed E-state index contributed by atoms with van der Waals surface area (Å²) in [4.78, 5) is 3.81. The molecule has 50 heavy (non-hydrogen) atoms. The van der Waals surface area contributed by atoms with Crippen LogP contribution in [0.4, 0.5) is 5.69 Å². The van der Waals surface area contributed by atoms with Crippen molar-refractivity contribution in [2.75, 3.05) is 0 Å². The Kier molecular flexibility index (Phi) is 5.52. The van der Waals surface area contributed by atoms with Crippen LogP contribution in [0.3, 0.4) is 0 Å². The SMILES string of the molecule is [C-]#[N+]c1ccc2c(c1)c1c3sc4ccccc4c3ccc1n2-c1ccc2sc3ccc(-n4c5ccccc5c5cc(C#N)ccc54)cc3c2c1. The van der Waals surface area contributed by atoms with E-state index in [4.69, 9.17) is 6.57 Å². The van der Waals surface area contributed by atoms with Gasteiger partial charge in [-0.1, -0.05) is 48.5 Å². The van der Waals surface area contributed by atoms with E-state index < -0.39 is 0 Å². The Morgan fingerprint density at radius 2 is 1.14 bits per heavy atom. The van der Waals surface area contributed by atoms with E-state index in [0.717, 1.165) is 49.6 Å². The molecule has 0 aliphatic heterocycles. The zero-order valence-electron chi connectivity index (χ0n) is 26.3. The Morgan fingerprint density at radius 1 is 0.500 bits per heavy atom. The van der Waals surface area contributed by atoms with Crippen LogP contribution in [-0.4, -0.2) is 9.13 Å². The minimum Gasteiger partial charge on any atom is -0.309 e. The molecule has 0 bridgehead atoms. The number of benzene rings is 7. The van der Waals surface area contributed by atoms with Crippen LogP contribution in [0, 0.1) is 17.9 Å². The molecule has 0 saturated heterocycles. The van der Waals surface area contributed by atoms with Gasteiger partial charge in [0.2, 0.25) is 0 Å². The summed E-state index contributed by atoms with van der Waals surface area (Å²) >= 11 is 3.65. The third-order valence-corrected chi connectivity index (χ3v) is 12.5. The molecule has 0 N–H and O–H groups in total. The van der Waals surface area contributed by atoms with Crippen molar-refractivity contribution < 1.29 is 0 Å². The van der Waals surface area contributed by atoms with Crippen molar-refractivity contribution in [2.24, 2.45) is 0 Å². The van der Waals surface area contributed by atoms with Gasteiger partial charge in [0, 0.05) is 67.9 Å². The molecule has 6 heteroatoms. The van der Waals surface area contributed by atoms with Gasteiger partial charge in [0.1, 0.15) is 0 Å². The van der Waals surface area contributed by atoms with Crippen LogP contribution >= 0.6 is 22.7 Å². The van der Waals surface area contributed by atoms with Gasteiger partial charge < -0.3 is 9.13 Å². The van der Waals surface area contributed by atoms with Gasteiger partial charge in [-0.15, -0.1) is 22.7 Å². The van der Waals surface area contributed by atoms with Crippen LogP contribution in [0.15, 0.2) is 133 Å². The lowest BCUT2D eigenvalue weighted by molar-refractivity contribution is 1.18. The summed E-state index contributed by atoms with van der Waals surface area (Å²) in [5.41, 5.74) is 7.94. The molecule has 11 rings (SSSR count). The van der Waals surface area contributed by atoms with E-state index in [1.807, 2.05) is 40.9 Å². The maximum absolute atomic E-state index is 9.63. The largest absolute Gasteiger partial charge is 0.309 e. The van der Waals surface area contributed by atoms with E-state index in [1.54, 1.807) is 0 Å². The first-order chi connectivity index (χ1) is 24.7. The van der Waals surface area contributed by atoms with Crippen molar-refractivity contribution in [1.82, 2.24) is 9.13 Å². The topological polar surface area (TPSA) is 38.0 Å². The maximum atomic E-state index is 9.63. The van der Waals surface area contributed by atoms with Gasteiger partial charge in [-0.25, -0.2) is 4.85 Å². The third kappa shape index (κ3) is 3.67. The van der Waals surface area contributed by atoms with Gasteiger partial charge >= 0.3 is 0 Å². The molecule has 7 aromatic carbocycles. The van der Waals surface area contributed by atoms with Crippen LogP contribution in [0.5, 0.6) is 0 Å². The Hall–Kier alpha value is -6.44. The number of para-hydroxylation sites is 1. The summed E-state index contributed by atoms with van der Waals surface area (Å²) in [5.74, 6) is 0. The lowest BCUT2D eigenvalue weighted by Crippen LogP contribution is -1.94. The van der Waals surface area contributed by atoms with Gasteiger partial charge in [0.05, 0.1) is 40.3 Å². The second-order valence-corrected chi connectivity index (χ2v) is 14.9. The van der Waals surface area contributed by atoms with Crippen molar-refractivity contribution in [3.05, 3.63) is 150 Å². The highest BCUT2D eigenvalue weighted by Crippen LogP contribution is 2.45. The monoisotopic (exact) mass is 670 g/mol. The van der Waals surface area contributed by atoms with E-state index in [1.165, 1.54) is 45.7 Å². The van der Waals surface area contributed by atoms with Crippen molar-refractivity contribution in [3.63, 3.8) is 0 Å². The number of fused-ring (bicyclic) bond motifs is 13. The zero-order chi connectivity index (χ0) is 33.1. The van der Waals surface area contributed by atoms with Crippen LogP contribution in [0.1, 0.15) is 5.56 Å². The fourth-order valence-electron chi connectivity index (χ4n) is 7.97. The molecule has 0 atom stereocenters. The van der Waals surface area contributed by atoms with Crippen LogP contribution in [0.25, 0.3) is 100 Å². The predicted octanol–water partition coefficient (Wildman–Crippen LogP) is 13.0. The minimum absolute atomic E-state index is 0.649. The number of thiophene rings is 2. The van der Waals surface area contributed by atoms with Crippen LogP contribution in [-0.2, 0) is 0 Å². The summed E-state index contributed by atoms with van der Waals surface area (Å²) in [6.07, 6.45) is 0. The molecule has 0 amide bonds. The molecule has 4 nitrogen and oxygen atoms in total. The lowest BCUT2D eigenvalue weighted by Gasteiger charge is -2.10. The Morgan fingerprint density at radius 3 is 1.92 bits per heavy atom. The molecule has 0 spiro atoms. The van der Waals surface area contributed by atoms with Crippen LogP contribution < -0.4 is 0 Å². The van der Waals surface area contributed by atoms with Crippen molar-refractivity contribution in [2.45, 2.75) is 0 Å². The normalized spacial score (nSPS) is 12.0. The number of nitriles is 1. The zero-order valence-corrected chi connectivity index (χ0v) is 27.9. The number of rotatable bonds is 2. The van der Waals surface area contributed by atoms with E-state index in [9.17, 15) is 5.26 Å². The molecule has 4 heterocycles. The first kappa shape index (κ1) is 27.5. The molecule has 0 unspecified atom stereocenters. The first-order valence-corrected chi connectivity index (χ1v) is 18.0. The minimum atomic E-state index is 0.649. The number of aromatic nitrogens is 2. The molecule has 0 aliphatic rings. The number of hydrogen-bond donors (Lipinski definition) is 0. The fourth-order valence-corrected chi connectivity index (χ4v) is 10.3. The van der Waals surface area contributed by atoms with E-state index in [0.29, 0.717) is 11.3 Å². The quantitative estimate of drug-likeness (QED) is 0.169. The molecular formula is C44H22N4S2. The molecular weight excluding hydrogens is 649 g/mol. The maximum Gasteiger partial charge on any atom is 0.188 e. The average molecular weight is 671 g/mol. The Balaban J connectivity index is 1.18. The fraction of sp³-hybridized carbons (Fsp3) is 0. The molecule has 11 aromatic rings. The number of hydrogen-bond acceptors (Lipinski definition) is 3. The standard InChI is InChI=1S/C44H22N4S2/c1-46-26-11-16-38-35(21-26)43-39(17-14-31-30-7-3-5-9-40(30)50-44(31)43)48(38)28-13-19-42-34(23-28)33-22-27(12-18-41(33)49-42)47-36-8-4-2-6-29(36)32-20-25(24-45)10-15-37(32)47/h2-23H. The Bertz CT molecular complexity index is 3360. The van der Waals surface area contributed by atoms with Gasteiger partial charge in [-0.05, 0) is 90.3 Å². The summed E-state index contributed by atoms with van der Waals surface area (Å²) < 4.78 is 9.70. The van der Waals surface area contributed by atoms with Crippen molar-refractivity contribution in [1.29, 1.82) is 5.26 Å². The molecule has 0 fully saturated rings. The summed E-state index contributed by atoms with van der Waals surface area (Å²) in [6.45, 7) is 7.78. The molecule has 0 aliphatic carbocycles. The van der Waals surface area contributed by atoms with E-state index in [2.05, 4.69) is 135 Å². The molecule has 230 valence electrons. The molecule has 4 aromatic heterocycles. The second kappa shape index (κ2) is 10.0. The number of nitrogens with zero attached hydrogens (tertiary/aromatic N) is 4. The molecule has 0 saturated carbocycles. The van der Waals surface area contributed by atoms with Gasteiger partial charge in [-0.2, -0.15) is 5.26 Å². The van der Waals surface area contributed by atoms with Crippen molar-refractivity contribution >= 4 is 112 Å². The highest BCUT2D eigenvalue weighted by atomic mass is 32.1. The smallest absolute Gasteiger partial charge is 0.188 e. The second-order valence-electron chi connectivity index (χ2n) is 12.7.